The first-order chi connectivity index (χ1) is 12.2. The molecule has 1 N–H and O–H groups in total. The van der Waals surface area contributed by atoms with Gasteiger partial charge in [-0.2, -0.15) is 0 Å². The predicted molar refractivity (Wildman–Crippen MR) is 103 cm³/mol. The van der Waals surface area contributed by atoms with Gasteiger partial charge in [-0.1, -0.05) is 44.2 Å². The van der Waals surface area contributed by atoms with Crippen LogP contribution in [-0.4, -0.2) is 41.5 Å². The molecule has 1 aromatic heterocycles. The van der Waals surface area contributed by atoms with Crippen molar-refractivity contribution >= 4 is 5.91 Å². The number of aromatic nitrogens is 1. The topological polar surface area (TPSA) is 45.2 Å². The normalized spacial score (nSPS) is 13.4. The molecule has 0 aliphatic rings. The van der Waals surface area contributed by atoms with Gasteiger partial charge >= 0.3 is 0 Å². The quantitative estimate of drug-likeness (QED) is 0.763. The van der Waals surface area contributed by atoms with E-state index in [1.165, 1.54) is 0 Å². The van der Waals surface area contributed by atoms with Crippen LogP contribution in [-0.2, 0) is 11.2 Å². The molecule has 2 atom stereocenters. The molecule has 0 spiro atoms. The van der Waals surface area contributed by atoms with Crippen LogP contribution >= 0.6 is 0 Å². The summed E-state index contributed by atoms with van der Waals surface area (Å²) in [6.07, 6.45) is 4.23. The fourth-order valence-corrected chi connectivity index (χ4v) is 3.15. The van der Waals surface area contributed by atoms with Crippen LogP contribution in [0.1, 0.15) is 37.8 Å². The van der Waals surface area contributed by atoms with Crippen molar-refractivity contribution in [2.75, 3.05) is 19.6 Å². The summed E-state index contributed by atoms with van der Waals surface area (Å²) in [6.45, 7) is 9.11. The third-order valence-corrected chi connectivity index (χ3v) is 4.72. The van der Waals surface area contributed by atoms with E-state index in [0.29, 0.717) is 19.0 Å². The van der Waals surface area contributed by atoms with Crippen molar-refractivity contribution < 1.29 is 4.79 Å². The van der Waals surface area contributed by atoms with E-state index in [1.54, 1.807) is 12.4 Å². The second-order valence-corrected chi connectivity index (χ2v) is 6.34. The van der Waals surface area contributed by atoms with E-state index in [9.17, 15) is 4.79 Å². The molecule has 134 valence electrons. The molecule has 0 aliphatic heterocycles. The summed E-state index contributed by atoms with van der Waals surface area (Å²) >= 11 is 0. The smallest absolute Gasteiger partial charge is 0.227 e. The Bertz CT molecular complexity index is 626. The van der Waals surface area contributed by atoms with Crippen LogP contribution in [0, 0.1) is 0 Å². The van der Waals surface area contributed by atoms with Gasteiger partial charge in [0, 0.05) is 25.0 Å². The number of carbonyl (C=O) groups is 1. The Kier molecular flexibility index (Phi) is 7.61. The first kappa shape index (κ1) is 19.1. The van der Waals surface area contributed by atoms with Gasteiger partial charge in [-0.15, -0.1) is 0 Å². The van der Waals surface area contributed by atoms with Crippen molar-refractivity contribution in [2.24, 2.45) is 0 Å². The first-order valence-electron chi connectivity index (χ1n) is 9.11. The molecule has 0 aliphatic carbocycles. The van der Waals surface area contributed by atoms with E-state index in [0.717, 1.165) is 24.2 Å². The van der Waals surface area contributed by atoms with Crippen LogP contribution in [0.4, 0.5) is 0 Å². The van der Waals surface area contributed by atoms with Crippen molar-refractivity contribution in [3.8, 4) is 0 Å². The molecular formula is C21H29N3O. The van der Waals surface area contributed by atoms with E-state index in [4.69, 9.17) is 0 Å². The van der Waals surface area contributed by atoms with E-state index in [1.807, 2.05) is 42.5 Å². The van der Waals surface area contributed by atoms with Gasteiger partial charge in [0.2, 0.25) is 5.91 Å². The minimum Gasteiger partial charge on any atom is -0.354 e. The average molecular weight is 339 g/mol. The van der Waals surface area contributed by atoms with Crippen molar-refractivity contribution in [1.82, 2.24) is 15.2 Å². The highest BCUT2D eigenvalue weighted by Gasteiger charge is 2.22. The first-order valence-corrected chi connectivity index (χ1v) is 9.11. The Labute approximate surface area is 151 Å². The zero-order valence-electron chi connectivity index (χ0n) is 15.5. The summed E-state index contributed by atoms with van der Waals surface area (Å²) in [5.74, 6) is -0.102. The highest BCUT2D eigenvalue weighted by atomic mass is 16.1. The maximum atomic E-state index is 12.9. The van der Waals surface area contributed by atoms with Crippen LogP contribution < -0.4 is 5.32 Å². The Morgan fingerprint density at radius 1 is 1.08 bits per heavy atom. The maximum absolute atomic E-state index is 12.9. The zero-order chi connectivity index (χ0) is 18.1. The molecule has 2 unspecified atom stereocenters. The van der Waals surface area contributed by atoms with E-state index < -0.39 is 0 Å². The van der Waals surface area contributed by atoms with Gasteiger partial charge < -0.3 is 5.32 Å². The van der Waals surface area contributed by atoms with Crippen LogP contribution in [0.3, 0.4) is 0 Å². The number of nitrogens with one attached hydrogen (secondary N) is 1. The number of carbonyl (C=O) groups excluding carboxylic acids is 1. The Morgan fingerprint density at radius 3 is 2.32 bits per heavy atom. The van der Waals surface area contributed by atoms with E-state index >= 15 is 0 Å². The molecule has 0 radical (unpaired) electrons. The standard InChI is InChI=1S/C21H29N3O/c1-4-24(5-2)17(3)16-23-21(25)20(19-9-7-6-8-10-19)15-18-11-13-22-14-12-18/h6-14,17,20H,4-5,15-16H2,1-3H3,(H,23,25). The highest BCUT2D eigenvalue weighted by molar-refractivity contribution is 5.84. The molecule has 1 amide bonds. The summed E-state index contributed by atoms with van der Waals surface area (Å²) in [5.41, 5.74) is 2.17. The number of pyridine rings is 1. The highest BCUT2D eigenvalue weighted by Crippen LogP contribution is 2.21. The lowest BCUT2D eigenvalue weighted by molar-refractivity contribution is -0.122. The Hall–Kier alpha value is -2.20. The average Bonchev–Trinajstić information content (AvgIpc) is 2.66. The summed E-state index contributed by atoms with van der Waals surface area (Å²) < 4.78 is 0. The second kappa shape index (κ2) is 9.94. The lowest BCUT2D eigenvalue weighted by Gasteiger charge is -2.27. The summed E-state index contributed by atoms with van der Waals surface area (Å²) in [7, 11) is 0. The molecule has 0 bridgehead atoms. The third-order valence-electron chi connectivity index (χ3n) is 4.72. The van der Waals surface area contributed by atoms with Gasteiger partial charge in [0.15, 0.2) is 0 Å². The minimum absolute atomic E-state index is 0.0852. The Morgan fingerprint density at radius 2 is 1.72 bits per heavy atom. The summed E-state index contributed by atoms with van der Waals surface area (Å²) in [4.78, 5) is 19.3. The van der Waals surface area contributed by atoms with Crippen molar-refractivity contribution in [2.45, 2.75) is 39.2 Å². The van der Waals surface area contributed by atoms with Crippen molar-refractivity contribution in [3.63, 3.8) is 0 Å². The zero-order valence-corrected chi connectivity index (χ0v) is 15.5. The number of likely N-dealkylation sites (N-methyl/N-ethyl adjacent to an activating group) is 1. The van der Waals surface area contributed by atoms with Gasteiger partial charge in [-0.25, -0.2) is 0 Å². The largest absolute Gasteiger partial charge is 0.354 e. The molecule has 4 nitrogen and oxygen atoms in total. The van der Waals surface area contributed by atoms with Gasteiger partial charge in [-0.05, 0) is 49.7 Å². The predicted octanol–water partition coefficient (Wildman–Crippen LogP) is 3.25. The molecule has 0 saturated heterocycles. The molecule has 25 heavy (non-hydrogen) atoms. The molecule has 1 heterocycles. The molecule has 0 saturated carbocycles. The molecular weight excluding hydrogens is 310 g/mol. The Balaban J connectivity index is 2.08. The lowest BCUT2D eigenvalue weighted by atomic mass is 9.91. The second-order valence-electron chi connectivity index (χ2n) is 6.34. The number of hydrogen-bond acceptors (Lipinski definition) is 3. The number of nitrogens with zero attached hydrogens (tertiary/aromatic N) is 2. The van der Waals surface area contributed by atoms with Gasteiger partial charge in [0.1, 0.15) is 0 Å². The number of benzene rings is 1. The summed E-state index contributed by atoms with van der Waals surface area (Å²) in [6, 6.07) is 14.3. The van der Waals surface area contributed by atoms with Crippen LogP contribution in [0.2, 0.25) is 0 Å². The molecule has 1 aromatic carbocycles. The SMILES string of the molecule is CCN(CC)C(C)CNC(=O)C(Cc1ccncc1)c1ccccc1. The van der Waals surface area contributed by atoms with Crippen molar-refractivity contribution in [3.05, 3.63) is 66.0 Å². The van der Waals surface area contributed by atoms with Gasteiger partial charge in [-0.3, -0.25) is 14.7 Å². The van der Waals surface area contributed by atoms with Gasteiger partial charge in [0.05, 0.1) is 5.92 Å². The van der Waals surface area contributed by atoms with E-state index in [-0.39, 0.29) is 11.8 Å². The minimum atomic E-state index is -0.187. The maximum Gasteiger partial charge on any atom is 0.227 e. The van der Waals surface area contributed by atoms with Crippen LogP contribution in [0.25, 0.3) is 0 Å². The molecule has 2 aromatic rings. The van der Waals surface area contributed by atoms with Gasteiger partial charge in [0.25, 0.3) is 0 Å². The molecule has 0 fully saturated rings. The summed E-state index contributed by atoms with van der Waals surface area (Å²) in [5, 5.41) is 3.15. The number of amides is 1. The molecule has 2 rings (SSSR count). The monoisotopic (exact) mass is 339 g/mol. The van der Waals surface area contributed by atoms with Crippen LogP contribution in [0.5, 0.6) is 0 Å². The lowest BCUT2D eigenvalue weighted by Crippen LogP contribution is -2.43. The fourth-order valence-electron chi connectivity index (χ4n) is 3.15. The third kappa shape index (κ3) is 5.68. The van der Waals surface area contributed by atoms with Crippen LogP contribution in [0.15, 0.2) is 54.9 Å². The molecule has 4 heteroatoms. The fraction of sp³-hybridized carbons (Fsp3) is 0.429. The number of hydrogen-bond donors (Lipinski definition) is 1. The van der Waals surface area contributed by atoms with E-state index in [2.05, 4.69) is 36.0 Å². The van der Waals surface area contributed by atoms with Crippen molar-refractivity contribution in [1.29, 1.82) is 0 Å². The number of rotatable bonds is 9.